The molecule has 0 fully saturated rings. The Balaban J connectivity index is 1.52. The predicted molar refractivity (Wildman–Crippen MR) is 123 cm³/mol. The molecule has 7 nitrogen and oxygen atoms in total. The molecule has 1 aliphatic carbocycles. The molecule has 170 valence electrons. The van der Waals surface area contributed by atoms with Crippen LogP contribution in [0.4, 0.5) is 10.3 Å². The highest BCUT2D eigenvalue weighted by atomic mass is 32.2. The number of aromatic nitrogens is 3. The Hall–Kier alpha value is -3.33. The third kappa shape index (κ3) is 4.08. The van der Waals surface area contributed by atoms with Gasteiger partial charge in [0.15, 0.2) is 17.3 Å². The summed E-state index contributed by atoms with van der Waals surface area (Å²) in [4.78, 5) is 17.7. The number of methoxy groups -OCH3 is 2. The van der Waals surface area contributed by atoms with Crippen LogP contribution >= 0.6 is 11.8 Å². The third-order valence-electron chi connectivity index (χ3n) is 5.85. The number of nitrogens with zero attached hydrogens (tertiary/aromatic N) is 3. The fraction of sp³-hybridized carbons (Fsp3) is 0.292. The van der Waals surface area contributed by atoms with Gasteiger partial charge in [0.25, 0.3) is 0 Å². The van der Waals surface area contributed by atoms with Gasteiger partial charge >= 0.3 is 0 Å². The van der Waals surface area contributed by atoms with Crippen molar-refractivity contribution in [3.63, 3.8) is 0 Å². The summed E-state index contributed by atoms with van der Waals surface area (Å²) in [6, 6.07) is 11.6. The summed E-state index contributed by atoms with van der Waals surface area (Å²) in [6.45, 7) is 0. The van der Waals surface area contributed by atoms with Crippen molar-refractivity contribution in [3.05, 3.63) is 70.7 Å². The molecule has 9 heteroatoms. The summed E-state index contributed by atoms with van der Waals surface area (Å²) in [5, 5.41) is 8.66. The normalized spacial score (nSPS) is 17.3. The molecule has 0 radical (unpaired) electrons. The first-order valence-corrected chi connectivity index (χ1v) is 11.6. The molecule has 2 aliphatic rings. The highest BCUT2D eigenvalue weighted by Gasteiger charge is 2.37. The molecule has 1 aromatic heterocycles. The van der Waals surface area contributed by atoms with Crippen LogP contribution in [0.5, 0.6) is 11.5 Å². The predicted octanol–water partition coefficient (Wildman–Crippen LogP) is 4.75. The van der Waals surface area contributed by atoms with Crippen molar-refractivity contribution in [1.82, 2.24) is 14.8 Å². The number of Topliss-reactive ketones (excluding diaryl/α,β-unsaturated/α-hetero) is 1. The van der Waals surface area contributed by atoms with E-state index in [1.54, 1.807) is 31.0 Å². The number of thioether (sulfide) groups is 1. The maximum Gasteiger partial charge on any atom is 0.227 e. The Morgan fingerprint density at radius 1 is 1.12 bits per heavy atom. The number of nitrogens with one attached hydrogen (secondary N) is 1. The number of hydrogen-bond acceptors (Lipinski definition) is 7. The Morgan fingerprint density at radius 3 is 2.67 bits per heavy atom. The number of anilines is 1. The minimum Gasteiger partial charge on any atom is -0.493 e. The van der Waals surface area contributed by atoms with Crippen molar-refractivity contribution in [2.75, 3.05) is 19.5 Å². The van der Waals surface area contributed by atoms with Crippen molar-refractivity contribution < 1.29 is 18.7 Å². The first-order valence-electron chi connectivity index (χ1n) is 10.7. The van der Waals surface area contributed by atoms with Crippen LogP contribution in [0.2, 0.25) is 0 Å². The van der Waals surface area contributed by atoms with E-state index in [0.717, 1.165) is 35.2 Å². The molecule has 0 saturated heterocycles. The standard InChI is InChI=1S/C24H23FN4O3S/c1-31-19-11-8-15(12-20(19)32-2)22-21-17(4-3-5-18(21)30)26-23-27-24(28-29(22)23)33-13-14-6-9-16(25)10-7-14/h6-12,22H,3-5,13H2,1-2H3,(H,26,27,28)/t22-/m1/s1. The minimum atomic E-state index is -0.406. The van der Waals surface area contributed by atoms with Gasteiger partial charge in [0, 0.05) is 23.4 Å². The first-order chi connectivity index (χ1) is 16.1. The van der Waals surface area contributed by atoms with E-state index >= 15 is 0 Å². The van der Waals surface area contributed by atoms with Gasteiger partial charge in [-0.3, -0.25) is 4.79 Å². The van der Waals surface area contributed by atoms with Gasteiger partial charge < -0.3 is 14.8 Å². The van der Waals surface area contributed by atoms with E-state index in [0.29, 0.717) is 34.8 Å². The monoisotopic (exact) mass is 466 g/mol. The maximum atomic E-state index is 13.2. The van der Waals surface area contributed by atoms with E-state index in [2.05, 4.69) is 10.3 Å². The Labute approximate surface area is 195 Å². The molecule has 33 heavy (non-hydrogen) atoms. The van der Waals surface area contributed by atoms with Gasteiger partial charge in [0.2, 0.25) is 11.1 Å². The highest BCUT2D eigenvalue weighted by Crippen LogP contribution is 2.42. The largest absolute Gasteiger partial charge is 0.493 e. The molecule has 0 bridgehead atoms. The zero-order valence-corrected chi connectivity index (χ0v) is 19.1. The quantitative estimate of drug-likeness (QED) is 0.525. The van der Waals surface area contributed by atoms with Crippen molar-refractivity contribution >= 4 is 23.5 Å². The van der Waals surface area contributed by atoms with Crippen molar-refractivity contribution in [3.8, 4) is 11.5 Å². The van der Waals surface area contributed by atoms with Crippen LogP contribution in [0.15, 0.2) is 58.9 Å². The molecule has 1 aliphatic heterocycles. The van der Waals surface area contributed by atoms with Crippen LogP contribution in [0.25, 0.3) is 0 Å². The van der Waals surface area contributed by atoms with E-state index in [4.69, 9.17) is 14.6 Å². The van der Waals surface area contributed by atoms with E-state index in [1.165, 1.54) is 23.9 Å². The molecule has 0 amide bonds. The molecule has 1 atom stereocenters. The van der Waals surface area contributed by atoms with Gasteiger partial charge in [0.1, 0.15) is 11.9 Å². The lowest BCUT2D eigenvalue weighted by Crippen LogP contribution is -2.31. The molecular formula is C24H23FN4O3S. The first kappa shape index (κ1) is 21.5. The van der Waals surface area contributed by atoms with E-state index in [-0.39, 0.29) is 11.6 Å². The second kappa shape index (κ2) is 8.90. The van der Waals surface area contributed by atoms with Gasteiger partial charge in [-0.2, -0.15) is 4.98 Å². The molecule has 5 rings (SSSR count). The fourth-order valence-electron chi connectivity index (χ4n) is 4.26. The number of benzene rings is 2. The summed E-state index contributed by atoms with van der Waals surface area (Å²) in [6.07, 6.45) is 2.11. The third-order valence-corrected chi connectivity index (χ3v) is 6.76. The molecule has 2 heterocycles. The van der Waals surface area contributed by atoms with Crippen molar-refractivity contribution in [2.45, 2.75) is 36.2 Å². The summed E-state index contributed by atoms with van der Waals surface area (Å²) in [5.41, 5.74) is 3.48. The lowest BCUT2D eigenvalue weighted by Gasteiger charge is -2.32. The van der Waals surface area contributed by atoms with Crippen LogP contribution in [0.3, 0.4) is 0 Å². The van der Waals surface area contributed by atoms with Gasteiger partial charge in [-0.1, -0.05) is 30.0 Å². The number of hydrogen-bond donors (Lipinski definition) is 1. The molecule has 0 spiro atoms. The lowest BCUT2D eigenvalue weighted by atomic mass is 9.85. The van der Waals surface area contributed by atoms with E-state index < -0.39 is 6.04 Å². The van der Waals surface area contributed by atoms with Crippen LogP contribution in [0.1, 0.15) is 36.4 Å². The Morgan fingerprint density at radius 2 is 1.91 bits per heavy atom. The SMILES string of the molecule is COc1ccc([C@@H]2C3=C(CCCC3=O)Nc3nc(SCc4ccc(F)cc4)nn32)cc1OC. The summed E-state index contributed by atoms with van der Waals surface area (Å²) in [5.74, 6) is 2.27. The number of ketones is 1. The zero-order chi connectivity index (χ0) is 22.9. The van der Waals surface area contributed by atoms with Crippen LogP contribution in [-0.4, -0.2) is 34.8 Å². The fourth-order valence-corrected chi connectivity index (χ4v) is 5.04. The second-order valence-electron chi connectivity index (χ2n) is 7.89. The molecule has 3 aromatic rings. The van der Waals surface area contributed by atoms with E-state index in [1.807, 2.05) is 18.2 Å². The number of carbonyl (C=O) groups excluding carboxylic acids is 1. The summed E-state index contributed by atoms with van der Waals surface area (Å²) in [7, 11) is 3.18. The number of rotatable bonds is 6. The van der Waals surface area contributed by atoms with Crippen molar-refractivity contribution in [2.24, 2.45) is 0 Å². The Kier molecular flexibility index (Phi) is 5.80. The Bertz CT molecular complexity index is 1240. The molecule has 2 aromatic carbocycles. The van der Waals surface area contributed by atoms with Crippen LogP contribution < -0.4 is 14.8 Å². The number of carbonyl (C=O) groups is 1. The van der Waals surface area contributed by atoms with E-state index in [9.17, 15) is 9.18 Å². The van der Waals surface area contributed by atoms with Crippen LogP contribution in [0, 0.1) is 5.82 Å². The van der Waals surface area contributed by atoms with Gasteiger partial charge in [-0.05, 0) is 48.2 Å². The summed E-state index contributed by atoms with van der Waals surface area (Å²) >= 11 is 1.46. The number of halogens is 1. The average molecular weight is 467 g/mol. The average Bonchev–Trinajstić information content (AvgIpc) is 3.24. The molecule has 0 saturated carbocycles. The minimum absolute atomic E-state index is 0.116. The second-order valence-corrected chi connectivity index (χ2v) is 8.83. The zero-order valence-electron chi connectivity index (χ0n) is 18.3. The smallest absolute Gasteiger partial charge is 0.227 e. The number of fused-ring (bicyclic) bond motifs is 1. The van der Waals surface area contributed by atoms with Gasteiger partial charge in [-0.15, -0.1) is 5.10 Å². The molecule has 1 N–H and O–H groups in total. The van der Waals surface area contributed by atoms with Gasteiger partial charge in [-0.25, -0.2) is 9.07 Å². The van der Waals surface area contributed by atoms with Crippen LogP contribution in [-0.2, 0) is 10.5 Å². The van der Waals surface area contributed by atoms with Gasteiger partial charge in [0.05, 0.1) is 14.2 Å². The topological polar surface area (TPSA) is 78.3 Å². The molecule has 0 unspecified atom stereocenters. The molecular weight excluding hydrogens is 443 g/mol. The van der Waals surface area contributed by atoms with Crippen molar-refractivity contribution in [1.29, 1.82) is 0 Å². The highest BCUT2D eigenvalue weighted by molar-refractivity contribution is 7.98. The maximum absolute atomic E-state index is 13.2. The number of ether oxygens (including phenoxy) is 2. The summed E-state index contributed by atoms with van der Waals surface area (Å²) < 4.78 is 25.9. The lowest BCUT2D eigenvalue weighted by molar-refractivity contribution is -0.116. The number of allylic oxidation sites excluding steroid dienone is 2.